The molecular weight excluding hydrogens is 396 g/mol. The van der Waals surface area contributed by atoms with Crippen LogP contribution in [0.1, 0.15) is 53.0 Å². The first kappa shape index (κ1) is 21.3. The molecule has 0 spiro atoms. The maximum absolute atomic E-state index is 11.3. The Morgan fingerprint density at radius 1 is 1.29 bits per heavy atom. The van der Waals surface area contributed by atoms with E-state index in [1.807, 2.05) is 36.4 Å². The average molecular weight is 425 g/mol. The maximum atomic E-state index is 11.3. The van der Waals surface area contributed by atoms with E-state index in [2.05, 4.69) is 15.1 Å². The molecule has 0 radical (unpaired) electrons. The molecule has 1 aliphatic rings. The Kier molecular flexibility index (Phi) is 6.20. The summed E-state index contributed by atoms with van der Waals surface area (Å²) < 4.78 is 13.6. The summed E-state index contributed by atoms with van der Waals surface area (Å²) >= 11 is 0. The smallest absolute Gasteiger partial charge is 0.335 e. The predicted molar refractivity (Wildman–Crippen MR) is 115 cm³/mol. The van der Waals surface area contributed by atoms with Crippen LogP contribution in [0, 0.1) is 6.92 Å². The number of hydrogen-bond donors (Lipinski definition) is 1. The third-order valence-corrected chi connectivity index (χ3v) is 6.01. The summed E-state index contributed by atoms with van der Waals surface area (Å²) in [5.74, 6) is -0.115. The summed E-state index contributed by atoms with van der Waals surface area (Å²) in [7, 11) is 1.68. The molecule has 164 valence electrons. The van der Waals surface area contributed by atoms with Gasteiger partial charge in [0.05, 0.1) is 24.5 Å². The van der Waals surface area contributed by atoms with E-state index in [9.17, 15) is 9.90 Å². The Morgan fingerprint density at radius 2 is 2.06 bits per heavy atom. The molecule has 0 bridgehead atoms. The number of aryl methyl sites for hydroxylation is 1. The van der Waals surface area contributed by atoms with Gasteiger partial charge in [-0.3, -0.25) is 9.30 Å². The summed E-state index contributed by atoms with van der Waals surface area (Å²) in [5, 5.41) is 17.6. The van der Waals surface area contributed by atoms with Gasteiger partial charge >= 0.3 is 5.97 Å². The minimum absolute atomic E-state index is 0.102. The van der Waals surface area contributed by atoms with Crippen molar-refractivity contribution >= 4 is 11.6 Å². The number of carboxylic acid groups (broad SMARTS) is 1. The van der Waals surface area contributed by atoms with Gasteiger partial charge in [-0.05, 0) is 56.0 Å². The number of rotatable bonds is 7. The van der Waals surface area contributed by atoms with Gasteiger partial charge in [0.1, 0.15) is 12.1 Å². The molecule has 1 fully saturated rings. The standard InChI is InChI=1S/C23H28N4O4/c1-4-31-18-9-10-26(19(12-18)16-5-7-17(8-6-16)23(28)29)13-20-21(30-3)11-15(2)22-25-24-14-27(20)22/h5-8,11,14,18-19H,4,9-10,12-13H2,1-3H3,(H,28,29)/t18-,19-/m0/s1. The molecular formula is C23H28N4O4. The third kappa shape index (κ3) is 4.26. The lowest BCUT2D eigenvalue weighted by molar-refractivity contribution is -0.0144. The number of methoxy groups -OCH3 is 1. The van der Waals surface area contributed by atoms with Gasteiger partial charge in [0.15, 0.2) is 5.65 Å². The van der Waals surface area contributed by atoms with E-state index in [0.717, 1.165) is 47.6 Å². The van der Waals surface area contributed by atoms with Crippen molar-refractivity contribution in [3.8, 4) is 5.75 Å². The number of aromatic carboxylic acids is 1. The highest BCUT2D eigenvalue weighted by Gasteiger charge is 2.31. The first-order chi connectivity index (χ1) is 15.0. The molecule has 0 amide bonds. The fourth-order valence-electron chi connectivity index (χ4n) is 4.44. The van der Waals surface area contributed by atoms with Gasteiger partial charge in [-0.1, -0.05) is 12.1 Å². The summed E-state index contributed by atoms with van der Waals surface area (Å²) in [5.41, 5.74) is 4.20. The first-order valence-electron chi connectivity index (χ1n) is 10.6. The minimum atomic E-state index is -0.918. The lowest BCUT2D eigenvalue weighted by Gasteiger charge is -2.40. The number of fused-ring (bicyclic) bond motifs is 1. The zero-order chi connectivity index (χ0) is 22.0. The maximum Gasteiger partial charge on any atom is 0.335 e. The first-order valence-corrected chi connectivity index (χ1v) is 10.6. The molecule has 0 saturated carbocycles. The zero-order valence-electron chi connectivity index (χ0n) is 18.1. The van der Waals surface area contributed by atoms with E-state index < -0.39 is 5.97 Å². The Morgan fingerprint density at radius 3 is 2.74 bits per heavy atom. The highest BCUT2D eigenvalue weighted by atomic mass is 16.5. The summed E-state index contributed by atoms with van der Waals surface area (Å²) in [6.07, 6.45) is 3.70. The van der Waals surface area contributed by atoms with Crippen LogP contribution in [0.15, 0.2) is 36.7 Å². The van der Waals surface area contributed by atoms with Gasteiger partial charge in [0.25, 0.3) is 0 Å². The van der Waals surface area contributed by atoms with Crippen LogP contribution in [0.3, 0.4) is 0 Å². The molecule has 3 heterocycles. The number of benzene rings is 1. The van der Waals surface area contributed by atoms with Crippen LogP contribution < -0.4 is 4.74 Å². The van der Waals surface area contributed by atoms with Gasteiger partial charge < -0.3 is 14.6 Å². The Balaban J connectivity index is 1.69. The van der Waals surface area contributed by atoms with E-state index in [1.165, 1.54) is 0 Å². The average Bonchev–Trinajstić information content (AvgIpc) is 3.27. The molecule has 2 atom stereocenters. The molecule has 1 aromatic carbocycles. The summed E-state index contributed by atoms with van der Waals surface area (Å²) in [4.78, 5) is 13.7. The highest BCUT2D eigenvalue weighted by molar-refractivity contribution is 5.87. The lowest BCUT2D eigenvalue weighted by Crippen LogP contribution is -2.39. The molecule has 3 aromatic rings. The Bertz CT molecular complexity index is 1060. The largest absolute Gasteiger partial charge is 0.495 e. The monoisotopic (exact) mass is 424 g/mol. The van der Waals surface area contributed by atoms with E-state index >= 15 is 0 Å². The quantitative estimate of drug-likeness (QED) is 0.621. The topological polar surface area (TPSA) is 89.2 Å². The van der Waals surface area contributed by atoms with Gasteiger partial charge in [-0.15, -0.1) is 10.2 Å². The molecule has 31 heavy (non-hydrogen) atoms. The molecule has 8 nitrogen and oxygen atoms in total. The van der Waals surface area contributed by atoms with Crippen molar-refractivity contribution in [2.75, 3.05) is 20.3 Å². The van der Waals surface area contributed by atoms with Crippen molar-refractivity contribution < 1.29 is 19.4 Å². The molecule has 2 aromatic heterocycles. The van der Waals surface area contributed by atoms with E-state index in [1.54, 1.807) is 25.6 Å². The summed E-state index contributed by atoms with van der Waals surface area (Å²) in [6.45, 7) is 6.21. The van der Waals surface area contributed by atoms with Crippen LogP contribution in [0.25, 0.3) is 5.65 Å². The Hall–Kier alpha value is -2.97. The van der Waals surface area contributed by atoms with Gasteiger partial charge in [-0.2, -0.15) is 0 Å². The molecule has 1 aliphatic heterocycles. The van der Waals surface area contributed by atoms with E-state index in [-0.39, 0.29) is 12.1 Å². The normalized spacial score (nSPS) is 19.6. The number of hydrogen-bond acceptors (Lipinski definition) is 6. The molecule has 4 rings (SSSR count). The second-order valence-corrected chi connectivity index (χ2v) is 7.88. The number of likely N-dealkylation sites (tertiary alicyclic amines) is 1. The fraction of sp³-hybridized carbons (Fsp3) is 0.435. The number of pyridine rings is 1. The van der Waals surface area contributed by atoms with Crippen LogP contribution in [-0.2, 0) is 11.3 Å². The Labute approximate surface area is 181 Å². The second-order valence-electron chi connectivity index (χ2n) is 7.88. The zero-order valence-corrected chi connectivity index (χ0v) is 18.1. The number of aromatic nitrogens is 3. The number of carbonyl (C=O) groups is 1. The van der Waals surface area contributed by atoms with Crippen LogP contribution in [0.4, 0.5) is 0 Å². The van der Waals surface area contributed by atoms with E-state index in [4.69, 9.17) is 9.47 Å². The minimum Gasteiger partial charge on any atom is -0.495 e. The fourth-order valence-corrected chi connectivity index (χ4v) is 4.44. The lowest BCUT2D eigenvalue weighted by atomic mass is 9.92. The number of carboxylic acids is 1. The number of ether oxygens (including phenoxy) is 2. The van der Waals surface area contributed by atoms with Crippen molar-refractivity contribution in [3.63, 3.8) is 0 Å². The van der Waals surface area contributed by atoms with E-state index in [0.29, 0.717) is 18.7 Å². The van der Waals surface area contributed by atoms with Crippen molar-refractivity contribution in [1.82, 2.24) is 19.5 Å². The molecule has 1 saturated heterocycles. The number of piperidine rings is 1. The predicted octanol–water partition coefficient (Wildman–Crippen LogP) is 3.49. The van der Waals surface area contributed by atoms with Crippen molar-refractivity contribution in [2.24, 2.45) is 0 Å². The van der Waals surface area contributed by atoms with Crippen LogP contribution >= 0.6 is 0 Å². The van der Waals surface area contributed by atoms with Gasteiger partial charge in [-0.25, -0.2) is 4.79 Å². The second kappa shape index (κ2) is 9.03. The van der Waals surface area contributed by atoms with Gasteiger partial charge in [0, 0.05) is 25.7 Å². The molecule has 0 unspecified atom stereocenters. The molecule has 1 N–H and O–H groups in total. The third-order valence-electron chi connectivity index (χ3n) is 6.01. The van der Waals surface area contributed by atoms with Crippen LogP contribution in [-0.4, -0.2) is 56.9 Å². The van der Waals surface area contributed by atoms with Crippen molar-refractivity contribution in [1.29, 1.82) is 0 Å². The van der Waals surface area contributed by atoms with Crippen LogP contribution in [0.5, 0.6) is 5.75 Å². The number of nitrogens with zero attached hydrogens (tertiary/aromatic N) is 4. The van der Waals surface area contributed by atoms with Crippen molar-refractivity contribution in [2.45, 2.75) is 45.4 Å². The van der Waals surface area contributed by atoms with Gasteiger partial charge in [0.2, 0.25) is 0 Å². The molecule has 8 heteroatoms. The SMILES string of the molecule is CCO[C@H]1CCN(Cc2c(OC)cc(C)c3nncn23)[C@H](c2ccc(C(=O)O)cc2)C1. The highest BCUT2D eigenvalue weighted by Crippen LogP contribution is 2.35. The van der Waals surface area contributed by atoms with Crippen molar-refractivity contribution in [3.05, 3.63) is 59.0 Å². The van der Waals surface area contributed by atoms with Crippen LogP contribution in [0.2, 0.25) is 0 Å². The molecule has 0 aliphatic carbocycles. The summed E-state index contributed by atoms with van der Waals surface area (Å²) in [6, 6.07) is 9.27.